The molecule has 39 heavy (non-hydrogen) atoms. The Morgan fingerprint density at radius 2 is 1.95 bits per heavy atom. The molecule has 0 radical (unpaired) electrons. The van der Waals surface area contributed by atoms with E-state index in [1.54, 1.807) is 40.4 Å². The Morgan fingerprint density at radius 3 is 2.62 bits per heavy atom. The number of aromatic nitrogens is 1. The quantitative estimate of drug-likeness (QED) is 0.452. The van der Waals surface area contributed by atoms with Gasteiger partial charge in [0.25, 0.3) is 5.91 Å². The van der Waals surface area contributed by atoms with Gasteiger partial charge < -0.3 is 19.9 Å². The number of nitrogens with one attached hydrogen (secondary N) is 1. The largest absolute Gasteiger partial charge is 0.497 e. The van der Waals surface area contributed by atoms with Gasteiger partial charge in [-0.15, -0.1) is 11.3 Å². The van der Waals surface area contributed by atoms with Gasteiger partial charge in [0.1, 0.15) is 17.8 Å². The second kappa shape index (κ2) is 11.2. The maximum atomic E-state index is 13.9. The monoisotopic (exact) mass is 546 g/mol. The van der Waals surface area contributed by atoms with Crippen molar-refractivity contribution in [1.29, 1.82) is 0 Å². The van der Waals surface area contributed by atoms with Crippen molar-refractivity contribution in [3.8, 4) is 16.2 Å². The summed E-state index contributed by atoms with van der Waals surface area (Å²) < 4.78 is 5.32. The van der Waals surface area contributed by atoms with Crippen LogP contribution in [-0.2, 0) is 22.7 Å². The highest BCUT2D eigenvalue weighted by Gasteiger charge is 2.43. The lowest BCUT2D eigenvalue weighted by atomic mass is 10.0. The van der Waals surface area contributed by atoms with Crippen LogP contribution in [0.3, 0.4) is 0 Å². The summed E-state index contributed by atoms with van der Waals surface area (Å²) in [6, 6.07) is 12.3. The highest BCUT2D eigenvalue weighted by atomic mass is 32.1. The van der Waals surface area contributed by atoms with E-state index in [1.807, 2.05) is 56.6 Å². The molecule has 204 valence electrons. The Kier molecular flexibility index (Phi) is 7.70. The SMILES string of the molecule is COc1ccc2c(c1)CN(C(C(=O)N1CCCC1C(=O)NCc1ccc(-c3scnc3C)cc1)C(C)C)C2=O. The molecule has 3 amide bonds. The van der Waals surface area contributed by atoms with Crippen LogP contribution < -0.4 is 10.1 Å². The van der Waals surface area contributed by atoms with Crippen LogP contribution >= 0.6 is 11.3 Å². The molecule has 1 fully saturated rings. The molecule has 0 aliphatic carbocycles. The molecular formula is C30H34N4O4S. The summed E-state index contributed by atoms with van der Waals surface area (Å²) in [4.78, 5) is 49.2. The third-order valence-corrected chi connectivity index (χ3v) is 8.61. The molecule has 8 nitrogen and oxygen atoms in total. The van der Waals surface area contributed by atoms with Gasteiger partial charge in [-0.25, -0.2) is 4.98 Å². The van der Waals surface area contributed by atoms with Crippen LogP contribution in [0.15, 0.2) is 48.0 Å². The first-order chi connectivity index (χ1) is 18.8. The zero-order valence-corrected chi connectivity index (χ0v) is 23.6. The normalized spacial score (nSPS) is 17.5. The number of benzene rings is 2. The van der Waals surface area contributed by atoms with Gasteiger partial charge >= 0.3 is 0 Å². The van der Waals surface area contributed by atoms with Gasteiger partial charge in [0.05, 0.1) is 23.2 Å². The summed E-state index contributed by atoms with van der Waals surface area (Å²) in [7, 11) is 1.59. The van der Waals surface area contributed by atoms with Crippen molar-refractivity contribution in [1.82, 2.24) is 20.1 Å². The fourth-order valence-corrected chi connectivity index (χ4v) is 6.39. The lowest BCUT2D eigenvalue weighted by molar-refractivity contribution is -0.143. The molecule has 0 saturated carbocycles. The van der Waals surface area contributed by atoms with Crippen molar-refractivity contribution in [2.24, 2.45) is 5.92 Å². The highest BCUT2D eigenvalue weighted by molar-refractivity contribution is 7.13. The van der Waals surface area contributed by atoms with Gasteiger partial charge in [-0.1, -0.05) is 38.1 Å². The van der Waals surface area contributed by atoms with Gasteiger partial charge in [-0.3, -0.25) is 14.4 Å². The number of fused-ring (bicyclic) bond motifs is 1. The molecule has 1 saturated heterocycles. The summed E-state index contributed by atoms with van der Waals surface area (Å²) in [5.74, 6) is 0.0893. The van der Waals surface area contributed by atoms with Crippen LogP contribution in [0, 0.1) is 12.8 Å². The molecule has 2 aliphatic rings. The first-order valence-electron chi connectivity index (χ1n) is 13.3. The summed E-state index contributed by atoms with van der Waals surface area (Å²) in [5.41, 5.74) is 6.39. The first-order valence-corrected chi connectivity index (χ1v) is 14.2. The third-order valence-electron chi connectivity index (χ3n) is 7.63. The van der Waals surface area contributed by atoms with E-state index in [-0.39, 0.29) is 23.6 Å². The average Bonchev–Trinajstić information content (AvgIpc) is 3.67. The summed E-state index contributed by atoms with van der Waals surface area (Å²) in [6.45, 7) is 7.13. The molecule has 0 bridgehead atoms. The molecule has 5 rings (SSSR count). The molecule has 3 aromatic rings. The number of ether oxygens (including phenoxy) is 1. The van der Waals surface area contributed by atoms with Crippen molar-refractivity contribution < 1.29 is 19.1 Å². The summed E-state index contributed by atoms with van der Waals surface area (Å²) in [5, 5.41) is 3.03. The van der Waals surface area contributed by atoms with Crippen LogP contribution in [0.2, 0.25) is 0 Å². The smallest absolute Gasteiger partial charge is 0.255 e. The number of hydrogen-bond acceptors (Lipinski definition) is 6. The fourth-order valence-electron chi connectivity index (χ4n) is 5.58. The Morgan fingerprint density at radius 1 is 1.18 bits per heavy atom. The van der Waals surface area contributed by atoms with E-state index >= 15 is 0 Å². The third kappa shape index (κ3) is 5.28. The Labute approximate surface area is 233 Å². The number of amides is 3. The van der Waals surface area contributed by atoms with Crippen LogP contribution in [0.4, 0.5) is 0 Å². The molecule has 9 heteroatoms. The van der Waals surface area contributed by atoms with Crippen molar-refractivity contribution >= 4 is 29.1 Å². The van der Waals surface area contributed by atoms with Crippen molar-refractivity contribution in [2.75, 3.05) is 13.7 Å². The molecule has 1 aromatic heterocycles. The van der Waals surface area contributed by atoms with Gasteiger partial charge in [-0.05, 0) is 60.6 Å². The predicted molar refractivity (Wildman–Crippen MR) is 150 cm³/mol. The van der Waals surface area contributed by atoms with E-state index in [9.17, 15) is 14.4 Å². The average molecular weight is 547 g/mol. The predicted octanol–water partition coefficient (Wildman–Crippen LogP) is 4.41. The zero-order valence-electron chi connectivity index (χ0n) is 22.8. The van der Waals surface area contributed by atoms with E-state index in [4.69, 9.17) is 4.74 Å². The second-order valence-corrected chi connectivity index (χ2v) is 11.4. The van der Waals surface area contributed by atoms with Crippen molar-refractivity contribution in [3.05, 3.63) is 70.4 Å². The Hall–Kier alpha value is -3.72. The van der Waals surface area contributed by atoms with Gasteiger partial charge in [0.2, 0.25) is 11.8 Å². The molecule has 2 unspecified atom stereocenters. The minimum atomic E-state index is -0.646. The topological polar surface area (TPSA) is 91.8 Å². The number of likely N-dealkylation sites (tertiary alicyclic amines) is 1. The number of thiazole rings is 1. The van der Waals surface area contributed by atoms with E-state index in [0.717, 1.165) is 33.7 Å². The molecule has 1 N–H and O–H groups in total. The number of nitrogens with zero attached hydrogens (tertiary/aromatic N) is 3. The molecular weight excluding hydrogens is 512 g/mol. The van der Waals surface area contributed by atoms with E-state index in [2.05, 4.69) is 10.3 Å². The lowest BCUT2D eigenvalue weighted by Crippen LogP contribution is -2.55. The van der Waals surface area contributed by atoms with E-state index < -0.39 is 12.1 Å². The summed E-state index contributed by atoms with van der Waals surface area (Å²) in [6.07, 6.45) is 1.36. The number of carbonyl (C=O) groups is 3. The highest BCUT2D eigenvalue weighted by Crippen LogP contribution is 2.32. The molecule has 2 aliphatic heterocycles. The maximum Gasteiger partial charge on any atom is 0.255 e. The number of rotatable bonds is 8. The fraction of sp³-hybridized carbons (Fsp3) is 0.400. The molecule has 2 aromatic carbocycles. The lowest BCUT2D eigenvalue weighted by Gasteiger charge is -2.35. The van der Waals surface area contributed by atoms with E-state index in [0.29, 0.717) is 37.4 Å². The van der Waals surface area contributed by atoms with Crippen LogP contribution in [0.1, 0.15) is 53.9 Å². The van der Waals surface area contributed by atoms with Crippen LogP contribution in [0.5, 0.6) is 5.75 Å². The zero-order chi connectivity index (χ0) is 27.7. The minimum absolute atomic E-state index is 0.109. The number of carbonyl (C=O) groups excluding carboxylic acids is 3. The Bertz CT molecular complexity index is 1380. The second-order valence-electron chi connectivity index (χ2n) is 10.5. The molecule has 2 atom stereocenters. The van der Waals surface area contributed by atoms with Crippen molar-refractivity contribution in [3.63, 3.8) is 0 Å². The molecule has 0 spiro atoms. The summed E-state index contributed by atoms with van der Waals surface area (Å²) >= 11 is 1.61. The van der Waals surface area contributed by atoms with Crippen molar-refractivity contribution in [2.45, 2.75) is 58.8 Å². The van der Waals surface area contributed by atoms with Gasteiger partial charge in [0.15, 0.2) is 0 Å². The number of hydrogen-bond donors (Lipinski definition) is 1. The van der Waals surface area contributed by atoms with E-state index in [1.165, 1.54) is 0 Å². The molecule has 3 heterocycles. The Balaban J connectivity index is 1.25. The number of methoxy groups -OCH3 is 1. The maximum absolute atomic E-state index is 13.9. The van der Waals surface area contributed by atoms with Crippen LogP contribution in [0.25, 0.3) is 10.4 Å². The standard InChI is InChI=1S/C30H34N4O4S/c1-18(2)26(34-16-22-14-23(38-4)11-12-24(22)29(34)36)30(37)33-13-5-6-25(33)28(35)31-15-20-7-9-21(10-8-20)27-19(3)32-17-39-27/h7-12,14,17-18,25-26H,5-6,13,15-16H2,1-4H3,(H,31,35). The van der Waals surface area contributed by atoms with Crippen LogP contribution in [-0.4, -0.2) is 58.2 Å². The van der Waals surface area contributed by atoms with Gasteiger partial charge in [-0.2, -0.15) is 0 Å². The van der Waals surface area contributed by atoms with Gasteiger partial charge in [0, 0.05) is 25.2 Å². The number of aryl methyl sites for hydroxylation is 1. The minimum Gasteiger partial charge on any atom is -0.497 e. The first kappa shape index (κ1) is 26.9.